The molecule has 0 spiro atoms. The van der Waals surface area contributed by atoms with Crippen LogP contribution in [0.1, 0.15) is 13.8 Å². The highest BCUT2D eigenvalue weighted by molar-refractivity contribution is 7.90. The maximum atomic E-state index is 4.74. The van der Waals surface area contributed by atoms with E-state index in [4.69, 9.17) is 22.5 Å². The summed E-state index contributed by atoms with van der Waals surface area (Å²) in [5, 5.41) is 0. The Bertz CT molecular complexity index is 32.7. The number of hydrogen-bond donors (Lipinski definition) is 0. The van der Waals surface area contributed by atoms with Gasteiger partial charge >= 0.3 is 0 Å². The molecular formula is C4H8Cl2P. The average molecular weight is 158 g/mol. The fraction of sp³-hybridized carbons (Fsp3) is 0.500. The maximum absolute atomic E-state index is 4.74. The molecule has 0 atom stereocenters. The molecule has 0 N–H and O–H groups in total. The molecule has 0 aliphatic heterocycles. The van der Waals surface area contributed by atoms with Crippen LogP contribution in [0.5, 0.6) is 0 Å². The van der Waals surface area contributed by atoms with E-state index in [9.17, 15) is 0 Å². The second-order valence-electron chi connectivity index (χ2n) is 0.731. The molecule has 7 heavy (non-hydrogen) atoms. The van der Waals surface area contributed by atoms with E-state index in [0.29, 0.717) is 7.29 Å². The van der Waals surface area contributed by atoms with Crippen LogP contribution < -0.4 is 0 Å². The predicted molar refractivity (Wildman–Crippen MR) is 39.1 cm³/mol. The van der Waals surface area contributed by atoms with Crippen molar-refractivity contribution < 1.29 is 0 Å². The van der Waals surface area contributed by atoms with E-state index in [0.717, 1.165) is 0 Å². The van der Waals surface area contributed by atoms with Gasteiger partial charge in [0.2, 0.25) is 0 Å². The molecule has 0 bridgehead atoms. The molecule has 0 aromatic heterocycles. The summed E-state index contributed by atoms with van der Waals surface area (Å²) >= 11 is 9.47. The Kier molecular flexibility index (Phi) is 24.2. The molecule has 1 radical (unpaired) electrons. The fourth-order valence-corrected chi connectivity index (χ4v) is 0. The van der Waals surface area contributed by atoms with Crippen LogP contribution in [0.15, 0.2) is 12.2 Å². The van der Waals surface area contributed by atoms with E-state index in [1.54, 1.807) is 0 Å². The summed E-state index contributed by atoms with van der Waals surface area (Å²) in [5.74, 6) is 0. The van der Waals surface area contributed by atoms with Gasteiger partial charge in [0.05, 0.1) is 0 Å². The van der Waals surface area contributed by atoms with E-state index in [-0.39, 0.29) is 0 Å². The summed E-state index contributed by atoms with van der Waals surface area (Å²) in [6.07, 6.45) is 4.00. The third-order valence-corrected chi connectivity index (χ3v) is 0.333. The highest BCUT2D eigenvalue weighted by atomic mass is 35.9. The lowest BCUT2D eigenvalue weighted by Gasteiger charge is -1.49. The zero-order chi connectivity index (χ0) is 6.12. The van der Waals surface area contributed by atoms with Gasteiger partial charge in [-0.2, -0.15) is 0 Å². The first-order valence-corrected chi connectivity index (χ1v) is 4.53. The van der Waals surface area contributed by atoms with Gasteiger partial charge in [0, 0.05) is 0 Å². The van der Waals surface area contributed by atoms with Crippen molar-refractivity contribution in [3.05, 3.63) is 12.2 Å². The minimum Gasteiger partial charge on any atom is -0.0919 e. The number of allylic oxidation sites excluding steroid dienone is 2. The van der Waals surface area contributed by atoms with Crippen molar-refractivity contribution in [2.45, 2.75) is 13.8 Å². The molecular weight excluding hydrogens is 150 g/mol. The van der Waals surface area contributed by atoms with Crippen LogP contribution in [0, 0.1) is 0 Å². The van der Waals surface area contributed by atoms with Crippen LogP contribution in [-0.2, 0) is 0 Å². The molecule has 0 amide bonds. The number of rotatable bonds is 0. The highest BCUT2D eigenvalue weighted by Crippen LogP contribution is 2.19. The van der Waals surface area contributed by atoms with Gasteiger partial charge in [0.1, 0.15) is 7.29 Å². The van der Waals surface area contributed by atoms with Crippen LogP contribution in [0.4, 0.5) is 0 Å². The molecule has 0 aromatic carbocycles. The Hall–Kier alpha value is 0.750. The third kappa shape index (κ3) is 49.7. The summed E-state index contributed by atoms with van der Waals surface area (Å²) in [5.41, 5.74) is 0. The normalized spacial score (nSPS) is 8.00. The molecule has 0 aliphatic carbocycles. The summed E-state index contributed by atoms with van der Waals surface area (Å²) in [4.78, 5) is 0. The summed E-state index contributed by atoms with van der Waals surface area (Å²) < 4.78 is 0. The van der Waals surface area contributed by atoms with Crippen molar-refractivity contribution >= 4 is 29.8 Å². The predicted octanol–water partition coefficient (Wildman–Crippen LogP) is 3.82. The Labute approximate surface area is 56.3 Å². The monoisotopic (exact) mass is 157 g/mol. The van der Waals surface area contributed by atoms with Gasteiger partial charge in [-0.25, -0.2) is 0 Å². The van der Waals surface area contributed by atoms with Crippen molar-refractivity contribution in [1.82, 2.24) is 0 Å². The molecule has 3 heteroatoms. The molecule has 0 nitrogen and oxygen atoms in total. The van der Waals surface area contributed by atoms with Gasteiger partial charge in [0.25, 0.3) is 0 Å². The topological polar surface area (TPSA) is 0 Å². The summed E-state index contributed by atoms with van der Waals surface area (Å²) in [6, 6.07) is 0. The van der Waals surface area contributed by atoms with Crippen molar-refractivity contribution in [2.75, 3.05) is 0 Å². The van der Waals surface area contributed by atoms with E-state index >= 15 is 0 Å². The molecule has 0 rings (SSSR count). The van der Waals surface area contributed by atoms with Crippen molar-refractivity contribution in [3.8, 4) is 0 Å². The van der Waals surface area contributed by atoms with Crippen LogP contribution >= 0.6 is 29.8 Å². The van der Waals surface area contributed by atoms with E-state index in [2.05, 4.69) is 0 Å². The molecule has 0 fully saturated rings. The Balaban J connectivity index is 0. The van der Waals surface area contributed by atoms with E-state index in [1.165, 1.54) is 0 Å². The summed E-state index contributed by atoms with van der Waals surface area (Å²) in [7, 11) is 0.361. The van der Waals surface area contributed by atoms with Crippen molar-refractivity contribution in [2.24, 2.45) is 0 Å². The van der Waals surface area contributed by atoms with Gasteiger partial charge in [-0.1, -0.05) is 34.6 Å². The zero-order valence-electron chi connectivity index (χ0n) is 4.36. The summed E-state index contributed by atoms with van der Waals surface area (Å²) in [6.45, 7) is 4.00. The molecule has 0 heterocycles. The Morgan fingerprint density at radius 1 is 1.14 bits per heavy atom. The van der Waals surface area contributed by atoms with Gasteiger partial charge in [0.15, 0.2) is 0 Å². The first-order valence-electron chi connectivity index (χ1n) is 1.83. The molecule has 0 unspecified atom stereocenters. The largest absolute Gasteiger partial charge is 0.141 e. The fourth-order valence-electron chi connectivity index (χ4n) is 0. The van der Waals surface area contributed by atoms with Gasteiger partial charge < -0.3 is 0 Å². The zero-order valence-corrected chi connectivity index (χ0v) is 6.76. The quantitative estimate of drug-likeness (QED) is 0.371. The van der Waals surface area contributed by atoms with E-state index in [1.807, 2.05) is 26.0 Å². The number of hydrogen-bond acceptors (Lipinski definition) is 0. The molecule has 43 valence electrons. The van der Waals surface area contributed by atoms with Crippen molar-refractivity contribution in [3.63, 3.8) is 0 Å². The average Bonchev–Trinajstić information content (AvgIpc) is 1.69. The Morgan fingerprint density at radius 3 is 1.29 bits per heavy atom. The lowest BCUT2D eigenvalue weighted by molar-refractivity contribution is 1.64. The first-order chi connectivity index (χ1) is 3.33. The second kappa shape index (κ2) is 15.9. The van der Waals surface area contributed by atoms with Gasteiger partial charge in [-0.15, -0.1) is 0 Å². The van der Waals surface area contributed by atoms with Gasteiger partial charge in [-0.05, 0) is 13.8 Å². The smallest absolute Gasteiger partial charge is 0.0919 e. The highest BCUT2D eigenvalue weighted by Gasteiger charge is 1.45. The lowest BCUT2D eigenvalue weighted by atomic mass is 10.6. The third-order valence-electron chi connectivity index (χ3n) is 0.333. The molecule has 0 aliphatic rings. The molecule has 0 saturated heterocycles. The van der Waals surface area contributed by atoms with E-state index < -0.39 is 0 Å². The number of halogens is 2. The van der Waals surface area contributed by atoms with Crippen molar-refractivity contribution in [1.29, 1.82) is 0 Å². The van der Waals surface area contributed by atoms with Gasteiger partial charge in [-0.3, -0.25) is 0 Å². The van der Waals surface area contributed by atoms with Crippen LogP contribution in [0.25, 0.3) is 0 Å². The lowest BCUT2D eigenvalue weighted by Crippen LogP contribution is -1.26. The minimum absolute atomic E-state index is 0.361. The maximum Gasteiger partial charge on any atom is 0.141 e. The molecule has 0 aromatic rings. The SMILES string of the molecule is CC=CC.Cl[P]Cl. The Morgan fingerprint density at radius 2 is 1.29 bits per heavy atom. The minimum atomic E-state index is 0.361. The molecule has 0 saturated carbocycles. The van der Waals surface area contributed by atoms with Crippen LogP contribution in [-0.4, -0.2) is 0 Å². The van der Waals surface area contributed by atoms with Crippen LogP contribution in [0.2, 0.25) is 0 Å². The standard InChI is InChI=1S/C4H8.Cl2P/c1-3-4-2;1-3-2/h3-4H,1-2H3;. The second-order valence-corrected chi connectivity index (χ2v) is 2.39. The van der Waals surface area contributed by atoms with Crippen LogP contribution in [0.3, 0.4) is 0 Å². The first kappa shape index (κ1) is 10.7.